The minimum Gasteiger partial charge on any atom is -0.497 e. The number of nitrogens with zero attached hydrogens (tertiary/aromatic N) is 2. The van der Waals surface area contributed by atoms with Gasteiger partial charge in [0.25, 0.3) is 0 Å². The summed E-state index contributed by atoms with van der Waals surface area (Å²) >= 11 is 0. The molecule has 126 valence electrons. The Kier molecular flexibility index (Phi) is 6.30. The number of pyridine rings is 1. The van der Waals surface area contributed by atoms with Crippen LogP contribution in [-0.2, 0) is 36.0 Å². The molecule has 0 fully saturated rings. The normalized spacial score (nSPS) is 11.8. The van der Waals surface area contributed by atoms with Crippen LogP contribution in [0.2, 0.25) is 0 Å². The van der Waals surface area contributed by atoms with Crippen LogP contribution in [0, 0.1) is 13.8 Å². The fraction of sp³-hybridized carbons (Fsp3) is 0.294. The molecule has 1 N–H and O–H groups in total. The summed E-state index contributed by atoms with van der Waals surface area (Å²) in [5, 5.41) is 0.430. The monoisotopic (exact) mass is 409 g/mol. The number of nitrogens with one attached hydrogen (secondary N) is 1. The summed E-state index contributed by atoms with van der Waals surface area (Å²) in [5.74, 6) is 1.79. The van der Waals surface area contributed by atoms with Crippen molar-refractivity contribution in [3.63, 3.8) is 0 Å². The first-order valence-corrected chi connectivity index (χ1v) is 8.76. The number of rotatable bonds is 5. The second kappa shape index (κ2) is 8.06. The molecule has 8 heteroatoms. The van der Waals surface area contributed by atoms with E-state index in [9.17, 15) is 4.21 Å². The van der Waals surface area contributed by atoms with Crippen molar-refractivity contribution in [1.29, 1.82) is 0 Å². The van der Waals surface area contributed by atoms with Crippen LogP contribution in [0.1, 0.15) is 16.8 Å². The van der Waals surface area contributed by atoms with E-state index < -0.39 is 10.8 Å². The molecule has 0 saturated carbocycles. The smallest absolute Gasteiger partial charge is 0.497 e. The second-order valence-corrected chi connectivity index (χ2v) is 6.83. The Labute approximate surface area is 161 Å². The summed E-state index contributed by atoms with van der Waals surface area (Å²) in [4.78, 5) is 11.9. The number of aryl methyl sites for hydroxylation is 1. The minimum atomic E-state index is -1.33. The van der Waals surface area contributed by atoms with Crippen LogP contribution in [-0.4, -0.2) is 33.4 Å². The van der Waals surface area contributed by atoms with Gasteiger partial charge in [0.15, 0.2) is 5.16 Å². The molecule has 25 heavy (non-hydrogen) atoms. The number of aromatic amines is 1. The second-order valence-electron chi connectivity index (χ2n) is 5.46. The van der Waals surface area contributed by atoms with E-state index in [1.807, 2.05) is 32.0 Å². The van der Waals surface area contributed by atoms with Gasteiger partial charge >= 0.3 is 19.5 Å². The topological polar surface area (TPSA) is 77.1 Å². The number of benzene rings is 1. The summed E-state index contributed by atoms with van der Waals surface area (Å²) < 4.78 is 23.3. The average Bonchev–Trinajstić information content (AvgIpc) is 3.01. The van der Waals surface area contributed by atoms with Gasteiger partial charge in [-0.05, 0) is 26.0 Å². The van der Waals surface area contributed by atoms with Crippen LogP contribution >= 0.6 is 0 Å². The molecule has 1 atom stereocenters. The Morgan fingerprint density at radius 1 is 1.20 bits per heavy atom. The van der Waals surface area contributed by atoms with E-state index in [1.165, 1.54) is 0 Å². The Morgan fingerprint density at radius 2 is 1.96 bits per heavy atom. The summed E-state index contributed by atoms with van der Waals surface area (Å²) in [6, 6.07) is 5.50. The molecule has 1 unspecified atom stereocenters. The first-order chi connectivity index (χ1) is 11.5. The van der Waals surface area contributed by atoms with Gasteiger partial charge in [-0.25, -0.2) is 4.98 Å². The number of ether oxygens (including phenoxy) is 2. The van der Waals surface area contributed by atoms with Gasteiger partial charge in [-0.3, -0.25) is 9.19 Å². The van der Waals surface area contributed by atoms with Crippen molar-refractivity contribution >= 4 is 21.8 Å². The van der Waals surface area contributed by atoms with Gasteiger partial charge in [-0.2, -0.15) is 0 Å². The molecular formula is C17H19N3O3SZn+2. The van der Waals surface area contributed by atoms with Crippen molar-refractivity contribution in [2.45, 2.75) is 24.8 Å². The van der Waals surface area contributed by atoms with Gasteiger partial charge in [0.2, 0.25) is 0 Å². The molecule has 6 nitrogen and oxygen atoms in total. The predicted octanol–water partition coefficient (Wildman–Crippen LogP) is 2.90. The molecule has 0 radical (unpaired) electrons. The summed E-state index contributed by atoms with van der Waals surface area (Å²) in [5.41, 5.74) is 4.16. The fourth-order valence-electron chi connectivity index (χ4n) is 2.61. The van der Waals surface area contributed by atoms with Gasteiger partial charge in [0.05, 0.1) is 47.5 Å². The summed E-state index contributed by atoms with van der Waals surface area (Å²) in [6.45, 7) is 3.86. The Hall–Kier alpha value is -1.79. The van der Waals surface area contributed by atoms with Gasteiger partial charge in [-0.1, -0.05) is 0 Å². The number of hydrogen-bond acceptors (Lipinski definition) is 5. The third-order valence-electron chi connectivity index (χ3n) is 3.90. The molecular weight excluding hydrogens is 392 g/mol. The Balaban J connectivity index is 0.00000225. The Morgan fingerprint density at radius 3 is 2.64 bits per heavy atom. The van der Waals surface area contributed by atoms with Crippen molar-refractivity contribution in [3.8, 4) is 11.5 Å². The number of methoxy groups -OCH3 is 2. The molecule has 0 spiro atoms. The molecule has 2 aromatic heterocycles. The van der Waals surface area contributed by atoms with E-state index in [0.29, 0.717) is 5.16 Å². The first-order valence-electron chi connectivity index (χ1n) is 7.44. The van der Waals surface area contributed by atoms with Crippen LogP contribution in [0.4, 0.5) is 0 Å². The third kappa shape index (κ3) is 3.90. The van der Waals surface area contributed by atoms with E-state index >= 15 is 0 Å². The van der Waals surface area contributed by atoms with E-state index in [0.717, 1.165) is 39.4 Å². The maximum Gasteiger partial charge on any atom is 2.00 e. The van der Waals surface area contributed by atoms with Gasteiger partial charge in [0.1, 0.15) is 11.5 Å². The quantitative estimate of drug-likeness (QED) is 0.654. The van der Waals surface area contributed by atoms with E-state index in [2.05, 4.69) is 15.0 Å². The van der Waals surface area contributed by atoms with Gasteiger partial charge in [-0.15, -0.1) is 0 Å². The molecule has 0 bridgehead atoms. The largest absolute Gasteiger partial charge is 2.00 e. The number of hydrogen-bond donors (Lipinski definition) is 1. The van der Waals surface area contributed by atoms with Crippen molar-refractivity contribution in [1.82, 2.24) is 15.0 Å². The molecule has 0 aliphatic carbocycles. The van der Waals surface area contributed by atoms with Gasteiger partial charge in [0, 0.05) is 23.4 Å². The zero-order chi connectivity index (χ0) is 17.3. The molecule has 0 aliphatic heterocycles. The number of imidazole rings is 1. The molecule has 3 aromatic rings. The van der Waals surface area contributed by atoms with Crippen LogP contribution < -0.4 is 9.47 Å². The fourth-order valence-corrected chi connectivity index (χ4v) is 3.71. The van der Waals surface area contributed by atoms with Crippen molar-refractivity contribution < 1.29 is 33.2 Å². The number of aromatic nitrogens is 3. The number of H-pyrrole nitrogens is 1. The molecule has 0 amide bonds. The zero-order valence-electron chi connectivity index (χ0n) is 14.8. The molecule has 1 aromatic carbocycles. The van der Waals surface area contributed by atoms with Crippen LogP contribution in [0.5, 0.6) is 11.5 Å². The maximum atomic E-state index is 12.7. The SMILES string of the molecule is COc1ccc2nc(S(=O)Cc3ncc(C)c(OC)c3C)[nH]c2c1.[Zn+2]. The van der Waals surface area contributed by atoms with E-state index in [4.69, 9.17) is 9.47 Å². The zero-order valence-corrected chi connectivity index (χ0v) is 18.5. The van der Waals surface area contributed by atoms with E-state index in [1.54, 1.807) is 20.4 Å². The van der Waals surface area contributed by atoms with E-state index in [-0.39, 0.29) is 25.2 Å². The number of fused-ring (bicyclic) bond motifs is 1. The maximum absolute atomic E-state index is 12.7. The molecule has 0 saturated heterocycles. The Bertz CT molecular complexity index is 927. The summed E-state index contributed by atoms with van der Waals surface area (Å²) in [6.07, 6.45) is 1.74. The van der Waals surface area contributed by atoms with Crippen LogP contribution in [0.3, 0.4) is 0 Å². The van der Waals surface area contributed by atoms with Crippen molar-refractivity contribution in [3.05, 3.63) is 41.2 Å². The van der Waals surface area contributed by atoms with Gasteiger partial charge < -0.3 is 14.5 Å². The van der Waals surface area contributed by atoms with Crippen molar-refractivity contribution in [2.24, 2.45) is 0 Å². The summed E-state index contributed by atoms with van der Waals surface area (Å²) in [7, 11) is 1.91. The van der Waals surface area contributed by atoms with Crippen LogP contribution in [0.25, 0.3) is 11.0 Å². The predicted molar refractivity (Wildman–Crippen MR) is 93.0 cm³/mol. The standard InChI is InChI=1S/C17H19N3O3S.Zn/c1-10-8-18-15(11(2)16(10)23-4)9-24(21)17-19-13-6-5-12(22-3)7-14(13)20-17;/h5-8H,9H2,1-4H3,(H,19,20);/q;+2. The van der Waals surface area contributed by atoms with Crippen molar-refractivity contribution in [2.75, 3.05) is 14.2 Å². The molecule has 0 aliphatic rings. The minimum absolute atomic E-state index is 0. The average molecular weight is 411 g/mol. The molecule has 2 heterocycles. The van der Waals surface area contributed by atoms with Crippen LogP contribution in [0.15, 0.2) is 29.6 Å². The third-order valence-corrected chi connectivity index (χ3v) is 5.06. The molecule has 3 rings (SSSR count). The first kappa shape index (κ1) is 19.5.